The van der Waals surface area contributed by atoms with Crippen molar-refractivity contribution in [1.82, 2.24) is 4.90 Å². The van der Waals surface area contributed by atoms with Crippen molar-refractivity contribution >= 4 is 13.2 Å². The van der Waals surface area contributed by atoms with E-state index in [9.17, 15) is 0 Å². The highest BCUT2D eigenvalue weighted by Crippen LogP contribution is 2.39. The predicted molar refractivity (Wildman–Crippen MR) is 129 cm³/mol. The van der Waals surface area contributed by atoms with E-state index in [4.69, 9.17) is 0 Å². The first-order valence-electron chi connectivity index (χ1n) is 11.0. The van der Waals surface area contributed by atoms with Crippen LogP contribution in [0.4, 0.5) is 0 Å². The fraction of sp³-hybridized carbons (Fsp3) is 0.538. The fourth-order valence-electron chi connectivity index (χ4n) is 4.38. The third kappa shape index (κ3) is 5.91. The molecule has 2 rings (SSSR count). The van der Waals surface area contributed by atoms with E-state index in [1.165, 1.54) is 29.9 Å². The third-order valence-corrected chi connectivity index (χ3v) is 8.48. The Kier molecular flexibility index (Phi) is 9.19. The van der Waals surface area contributed by atoms with Gasteiger partial charge in [-0.1, -0.05) is 75.9 Å². The van der Waals surface area contributed by atoms with E-state index in [1.807, 2.05) is 0 Å². The van der Waals surface area contributed by atoms with Gasteiger partial charge in [-0.3, -0.25) is 4.90 Å². The monoisotopic (exact) mass is 397 g/mol. The number of benzene rings is 2. The van der Waals surface area contributed by atoms with E-state index in [2.05, 4.69) is 102 Å². The summed E-state index contributed by atoms with van der Waals surface area (Å²) in [6.07, 6.45) is 3.72. The molecule has 0 bridgehead atoms. The highest BCUT2D eigenvalue weighted by atomic mass is 31.1. The highest BCUT2D eigenvalue weighted by Gasteiger charge is 2.23. The molecular formula is C26H40NP. The Balaban J connectivity index is 2.47. The second-order valence-electron chi connectivity index (χ2n) is 8.41. The lowest BCUT2D eigenvalue weighted by atomic mass is 9.87. The Morgan fingerprint density at radius 1 is 0.857 bits per heavy atom. The van der Waals surface area contributed by atoms with Gasteiger partial charge in [0, 0.05) is 18.0 Å². The molecule has 1 unspecified atom stereocenters. The highest BCUT2D eigenvalue weighted by molar-refractivity contribution is 7.65. The molecule has 0 heterocycles. The molecule has 0 fully saturated rings. The summed E-state index contributed by atoms with van der Waals surface area (Å²) in [4.78, 5) is 2.63. The van der Waals surface area contributed by atoms with Gasteiger partial charge < -0.3 is 0 Å². The summed E-state index contributed by atoms with van der Waals surface area (Å²) in [5, 5.41) is 1.63. The Morgan fingerprint density at radius 3 is 2.00 bits per heavy atom. The molecule has 1 nitrogen and oxygen atoms in total. The topological polar surface area (TPSA) is 3.24 Å². The van der Waals surface area contributed by atoms with Crippen molar-refractivity contribution in [2.75, 3.05) is 18.9 Å². The van der Waals surface area contributed by atoms with Crippen LogP contribution in [0.5, 0.6) is 0 Å². The molecule has 0 aromatic heterocycles. The van der Waals surface area contributed by atoms with Gasteiger partial charge in [-0.2, -0.15) is 0 Å². The number of rotatable bonds is 10. The molecular weight excluding hydrogens is 357 g/mol. The average Bonchev–Trinajstić information content (AvgIpc) is 2.67. The normalized spacial score (nSPS) is 13.1. The Labute approximate surface area is 175 Å². The van der Waals surface area contributed by atoms with Crippen LogP contribution in [0, 0.1) is 6.92 Å². The zero-order valence-corrected chi connectivity index (χ0v) is 20.0. The molecule has 154 valence electrons. The maximum absolute atomic E-state index is 2.63. The van der Waals surface area contributed by atoms with Gasteiger partial charge in [0.25, 0.3) is 0 Å². The molecule has 0 N–H and O–H groups in total. The van der Waals surface area contributed by atoms with E-state index in [0.29, 0.717) is 18.0 Å². The molecule has 1 atom stereocenters. The Morgan fingerprint density at radius 2 is 1.46 bits per heavy atom. The van der Waals surface area contributed by atoms with E-state index < -0.39 is 0 Å². The molecule has 0 spiro atoms. The van der Waals surface area contributed by atoms with Crippen molar-refractivity contribution in [2.24, 2.45) is 0 Å². The van der Waals surface area contributed by atoms with Gasteiger partial charge in [-0.05, 0) is 76.3 Å². The molecule has 0 aliphatic rings. The van der Waals surface area contributed by atoms with Crippen LogP contribution in [0.2, 0.25) is 0 Å². The van der Waals surface area contributed by atoms with Crippen molar-refractivity contribution in [3.05, 3.63) is 65.2 Å². The zero-order valence-electron chi connectivity index (χ0n) is 19.1. The zero-order chi connectivity index (χ0) is 20.7. The first kappa shape index (κ1) is 23.1. The smallest absolute Gasteiger partial charge is 0.0108 e. The van der Waals surface area contributed by atoms with Crippen LogP contribution in [0.1, 0.15) is 70.6 Å². The summed E-state index contributed by atoms with van der Waals surface area (Å²) in [5.74, 6) is 0.471. The molecule has 0 aliphatic carbocycles. The van der Waals surface area contributed by atoms with E-state index in [1.54, 1.807) is 10.9 Å². The van der Waals surface area contributed by atoms with Crippen LogP contribution in [-0.4, -0.2) is 35.9 Å². The van der Waals surface area contributed by atoms with E-state index >= 15 is 0 Å². The number of aryl methyl sites for hydroxylation is 1. The summed E-state index contributed by atoms with van der Waals surface area (Å²) >= 11 is 0. The predicted octanol–water partition coefficient (Wildman–Crippen LogP) is 6.78. The maximum atomic E-state index is 2.63. The van der Waals surface area contributed by atoms with Crippen molar-refractivity contribution in [3.8, 4) is 0 Å². The number of nitrogens with zero attached hydrogens (tertiary/aromatic N) is 1. The standard InChI is InChI=1S/C26H40NP/c1-8-28(9-2)26-16-15-22(7)19-25(26)24(23-13-11-10-12-14-23)17-18-27(20(3)4)21(5)6/h10-16,19-21,24H,8-9,17-18H2,1-7H3. The van der Waals surface area contributed by atoms with Crippen LogP contribution in [-0.2, 0) is 0 Å². The molecule has 0 radical (unpaired) electrons. The molecule has 2 heteroatoms. The quantitative estimate of drug-likeness (QED) is 0.399. The number of hydrogen-bond donors (Lipinski definition) is 0. The van der Waals surface area contributed by atoms with E-state index in [0.717, 1.165) is 6.54 Å². The minimum Gasteiger partial charge on any atom is -0.299 e. The summed E-state index contributed by atoms with van der Waals surface area (Å²) in [5.41, 5.74) is 4.42. The second-order valence-corrected chi connectivity index (χ2v) is 11.2. The van der Waals surface area contributed by atoms with Crippen molar-refractivity contribution in [2.45, 2.75) is 72.9 Å². The van der Waals surface area contributed by atoms with Gasteiger partial charge in [0.2, 0.25) is 0 Å². The molecule has 2 aromatic rings. The third-order valence-electron chi connectivity index (χ3n) is 5.87. The van der Waals surface area contributed by atoms with Crippen LogP contribution < -0.4 is 5.30 Å². The summed E-state index contributed by atoms with van der Waals surface area (Å²) < 4.78 is 0. The molecule has 0 saturated carbocycles. The first-order chi connectivity index (χ1) is 13.4. The largest absolute Gasteiger partial charge is 0.299 e. The van der Waals surface area contributed by atoms with Gasteiger partial charge in [-0.15, -0.1) is 0 Å². The van der Waals surface area contributed by atoms with Gasteiger partial charge in [0.15, 0.2) is 0 Å². The SMILES string of the molecule is CCP(CC)c1ccc(C)cc1C(CCN(C(C)C)C(C)C)c1ccccc1. The molecule has 2 aromatic carbocycles. The molecule has 0 saturated heterocycles. The lowest BCUT2D eigenvalue weighted by Crippen LogP contribution is -2.38. The van der Waals surface area contributed by atoms with Crippen LogP contribution in [0.3, 0.4) is 0 Å². The maximum Gasteiger partial charge on any atom is 0.0108 e. The molecule has 28 heavy (non-hydrogen) atoms. The lowest BCUT2D eigenvalue weighted by Gasteiger charge is -2.33. The molecule has 0 amide bonds. The van der Waals surface area contributed by atoms with Crippen LogP contribution in [0.25, 0.3) is 0 Å². The van der Waals surface area contributed by atoms with Crippen LogP contribution in [0.15, 0.2) is 48.5 Å². The van der Waals surface area contributed by atoms with Crippen LogP contribution >= 0.6 is 7.92 Å². The lowest BCUT2D eigenvalue weighted by molar-refractivity contribution is 0.170. The summed E-state index contributed by atoms with van der Waals surface area (Å²) in [6.45, 7) is 17.4. The van der Waals surface area contributed by atoms with Gasteiger partial charge in [-0.25, -0.2) is 0 Å². The minimum atomic E-state index is -0.0719. The summed E-state index contributed by atoms with van der Waals surface area (Å²) in [7, 11) is -0.0719. The van der Waals surface area contributed by atoms with E-state index in [-0.39, 0.29) is 7.92 Å². The van der Waals surface area contributed by atoms with Gasteiger partial charge >= 0.3 is 0 Å². The van der Waals surface area contributed by atoms with Crippen molar-refractivity contribution in [3.63, 3.8) is 0 Å². The van der Waals surface area contributed by atoms with Crippen molar-refractivity contribution in [1.29, 1.82) is 0 Å². The van der Waals surface area contributed by atoms with Crippen molar-refractivity contribution < 1.29 is 0 Å². The number of hydrogen-bond acceptors (Lipinski definition) is 1. The Bertz CT molecular complexity index is 696. The van der Waals surface area contributed by atoms with Gasteiger partial charge in [0.05, 0.1) is 0 Å². The first-order valence-corrected chi connectivity index (χ1v) is 12.8. The average molecular weight is 398 g/mol. The molecule has 0 aliphatic heterocycles. The summed E-state index contributed by atoms with van der Waals surface area (Å²) in [6, 6.07) is 19.6. The fourth-order valence-corrected chi connectivity index (χ4v) is 6.38. The minimum absolute atomic E-state index is 0.0719. The second kappa shape index (κ2) is 11.1. The van der Waals surface area contributed by atoms with Gasteiger partial charge in [0.1, 0.15) is 0 Å². The Hall–Kier alpha value is -1.17.